The van der Waals surface area contributed by atoms with Gasteiger partial charge in [-0.05, 0) is 12.7 Å². The molecule has 0 aliphatic rings. The molecule has 0 aliphatic carbocycles. The molecule has 0 fully saturated rings. The third-order valence-corrected chi connectivity index (χ3v) is 4.60. The average Bonchev–Trinajstić information content (AvgIpc) is 2.85. The lowest BCUT2D eigenvalue weighted by molar-refractivity contribution is 0.387. The number of aromatic nitrogens is 4. The summed E-state index contributed by atoms with van der Waals surface area (Å²) in [6.07, 6.45) is 0. The quantitative estimate of drug-likeness (QED) is 0.776. The maximum atomic E-state index is 5.01. The minimum atomic E-state index is 0.627. The van der Waals surface area contributed by atoms with Gasteiger partial charge < -0.3 is 4.52 Å². The predicted molar refractivity (Wildman–Crippen MR) is 64.9 cm³/mol. The first-order chi connectivity index (χ1) is 7.78. The van der Waals surface area contributed by atoms with E-state index in [-0.39, 0.29) is 0 Å². The van der Waals surface area contributed by atoms with Gasteiger partial charge in [0.2, 0.25) is 5.89 Å². The summed E-state index contributed by atoms with van der Waals surface area (Å²) >= 11 is 4.87. The Labute approximate surface area is 105 Å². The maximum Gasteiger partial charge on any atom is 0.237 e. The van der Waals surface area contributed by atoms with Gasteiger partial charge in [-0.1, -0.05) is 46.9 Å². The molecule has 8 heteroatoms. The Morgan fingerprint density at radius 1 is 1.25 bits per heavy atom. The molecule has 0 unspecified atom stereocenters. The van der Waals surface area contributed by atoms with Gasteiger partial charge >= 0.3 is 0 Å². The van der Waals surface area contributed by atoms with Crippen LogP contribution < -0.4 is 0 Å². The van der Waals surface area contributed by atoms with E-state index in [1.54, 1.807) is 41.8 Å². The van der Waals surface area contributed by atoms with E-state index in [1.165, 1.54) is 0 Å². The molecule has 5 nitrogen and oxygen atoms in total. The third kappa shape index (κ3) is 3.19. The predicted octanol–water partition coefficient (Wildman–Crippen LogP) is 2.63. The zero-order chi connectivity index (χ0) is 11.4. The summed E-state index contributed by atoms with van der Waals surface area (Å²) in [7, 11) is 0. The SMILES string of the molecule is CCSc1nnc(SCc2nc(C)no2)s1. The van der Waals surface area contributed by atoms with E-state index in [2.05, 4.69) is 27.3 Å². The van der Waals surface area contributed by atoms with E-state index in [9.17, 15) is 0 Å². The standard InChI is InChI=1S/C8H10N4OS3/c1-3-14-7-10-11-8(16-7)15-4-6-9-5(2)12-13-6/h3-4H2,1-2H3. The van der Waals surface area contributed by atoms with Gasteiger partial charge in [-0.2, -0.15) is 4.98 Å². The first-order valence-electron chi connectivity index (χ1n) is 4.66. The Morgan fingerprint density at radius 2 is 2.00 bits per heavy atom. The number of aryl methyl sites for hydroxylation is 1. The highest BCUT2D eigenvalue weighted by molar-refractivity contribution is 8.02. The van der Waals surface area contributed by atoms with E-state index in [0.29, 0.717) is 17.5 Å². The lowest BCUT2D eigenvalue weighted by Crippen LogP contribution is -1.80. The molecule has 0 saturated carbocycles. The average molecular weight is 274 g/mol. The topological polar surface area (TPSA) is 64.7 Å². The molecule has 0 bridgehead atoms. The molecule has 0 amide bonds. The van der Waals surface area contributed by atoms with Gasteiger partial charge in [0, 0.05) is 0 Å². The van der Waals surface area contributed by atoms with Crippen molar-refractivity contribution in [3.05, 3.63) is 11.7 Å². The summed E-state index contributed by atoms with van der Waals surface area (Å²) in [6, 6.07) is 0. The molecule has 2 aromatic rings. The molecule has 0 radical (unpaired) electrons. The second kappa shape index (κ2) is 5.65. The zero-order valence-corrected chi connectivity index (χ0v) is 11.3. The number of thioether (sulfide) groups is 2. The van der Waals surface area contributed by atoms with Gasteiger partial charge in [0.15, 0.2) is 14.5 Å². The molecule has 0 saturated heterocycles. The van der Waals surface area contributed by atoms with Crippen LogP contribution in [0.4, 0.5) is 0 Å². The lowest BCUT2D eigenvalue weighted by Gasteiger charge is -1.89. The Morgan fingerprint density at radius 3 is 2.62 bits per heavy atom. The Balaban J connectivity index is 1.89. The molecular weight excluding hydrogens is 264 g/mol. The van der Waals surface area contributed by atoms with Crippen molar-refractivity contribution in [3.63, 3.8) is 0 Å². The summed E-state index contributed by atoms with van der Waals surface area (Å²) in [5.74, 6) is 2.95. The molecule has 0 atom stereocenters. The van der Waals surface area contributed by atoms with Gasteiger partial charge in [-0.3, -0.25) is 0 Å². The Hall–Kier alpha value is -0.600. The molecule has 0 aromatic carbocycles. The van der Waals surface area contributed by atoms with Crippen molar-refractivity contribution in [1.82, 2.24) is 20.3 Å². The van der Waals surface area contributed by atoms with E-state index in [0.717, 1.165) is 14.4 Å². The normalized spacial score (nSPS) is 10.9. The van der Waals surface area contributed by atoms with Gasteiger partial charge in [-0.25, -0.2) is 0 Å². The molecule has 2 rings (SSSR count). The fourth-order valence-electron chi connectivity index (χ4n) is 0.959. The number of nitrogens with zero attached hydrogens (tertiary/aromatic N) is 4. The van der Waals surface area contributed by atoms with Crippen LogP contribution in [0.3, 0.4) is 0 Å². The fraction of sp³-hybridized carbons (Fsp3) is 0.500. The number of rotatable bonds is 5. The van der Waals surface area contributed by atoms with E-state index >= 15 is 0 Å². The fourth-order valence-corrected chi connectivity index (χ4v) is 3.71. The van der Waals surface area contributed by atoms with Crippen molar-refractivity contribution >= 4 is 34.9 Å². The first kappa shape index (κ1) is 11.9. The second-order valence-electron chi connectivity index (χ2n) is 2.79. The van der Waals surface area contributed by atoms with Gasteiger partial charge in [0.1, 0.15) is 0 Å². The minimum Gasteiger partial charge on any atom is -0.338 e. The molecule has 86 valence electrons. The summed E-state index contributed by atoms with van der Waals surface area (Å²) in [5, 5.41) is 11.9. The number of hydrogen-bond acceptors (Lipinski definition) is 8. The van der Waals surface area contributed by atoms with Crippen molar-refractivity contribution in [2.45, 2.75) is 28.3 Å². The maximum absolute atomic E-state index is 5.01. The molecule has 0 spiro atoms. The molecular formula is C8H10N4OS3. The van der Waals surface area contributed by atoms with Crippen LogP contribution in [-0.2, 0) is 5.75 Å². The summed E-state index contributed by atoms with van der Waals surface area (Å²) in [4.78, 5) is 4.12. The number of hydrogen-bond donors (Lipinski definition) is 0. The molecule has 0 aliphatic heterocycles. The van der Waals surface area contributed by atoms with Crippen LogP contribution in [0.2, 0.25) is 0 Å². The van der Waals surface area contributed by atoms with Gasteiger partial charge in [0.25, 0.3) is 0 Å². The van der Waals surface area contributed by atoms with Crippen LogP contribution in [0, 0.1) is 6.92 Å². The zero-order valence-electron chi connectivity index (χ0n) is 8.84. The molecule has 2 aromatic heterocycles. The summed E-state index contributed by atoms with van der Waals surface area (Å²) in [6.45, 7) is 3.90. The highest BCUT2D eigenvalue weighted by Crippen LogP contribution is 2.30. The van der Waals surface area contributed by atoms with Crippen LogP contribution in [0.25, 0.3) is 0 Å². The Bertz CT molecular complexity index is 456. The highest BCUT2D eigenvalue weighted by Gasteiger charge is 2.08. The van der Waals surface area contributed by atoms with Crippen LogP contribution in [-0.4, -0.2) is 26.1 Å². The summed E-state index contributed by atoms with van der Waals surface area (Å²) < 4.78 is 6.95. The van der Waals surface area contributed by atoms with Crippen molar-refractivity contribution in [3.8, 4) is 0 Å². The molecule has 16 heavy (non-hydrogen) atoms. The van der Waals surface area contributed by atoms with Crippen molar-refractivity contribution in [1.29, 1.82) is 0 Å². The highest BCUT2D eigenvalue weighted by atomic mass is 32.2. The van der Waals surface area contributed by atoms with Crippen LogP contribution in [0.1, 0.15) is 18.6 Å². The Kier molecular flexibility index (Phi) is 4.19. The minimum absolute atomic E-state index is 0.627. The first-order valence-corrected chi connectivity index (χ1v) is 7.45. The smallest absolute Gasteiger partial charge is 0.237 e. The van der Waals surface area contributed by atoms with Crippen molar-refractivity contribution in [2.75, 3.05) is 5.75 Å². The van der Waals surface area contributed by atoms with Crippen LogP contribution in [0.15, 0.2) is 13.2 Å². The van der Waals surface area contributed by atoms with Crippen molar-refractivity contribution < 1.29 is 4.52 Å². The van der Waals surface area contributed by atoms with Crippen molar-refractivity contribution in [2.24, 2.45) is 0 Å². The lowest BCUT2D eigenvalue weighted by atomic mass is 10.7. The van der Waals surface area contributed by atoms with Gasteiger partial charge in [-0.15, -0.1) is 10.2 Å². The van der Waals surface area contributed by atoms with E-state index in [4.69, 9.17) is 4.52 Å². The van der Waals surface area contributed by atoms with Crippen LogP contribution in [0.5, 0.6) is 0 Å². The third-order valence-electron chi connectivity index (χ3n) is 1.54. The largest absolute Gasteiger partial charge is 0.338 e. The molecule has 0 N–H and O–H groups in total. The molecule has 2 heterocycles. The van der Waals surface area contributed by atoms with Gasteiger partial charge in [0.05, 0.1) is 5.75 Å². The second-order valence-corrected chi connectivity index (χ2v) is 6.50. The van der Waals surface area contributed by atoms with E-state index < -0.39 is 0 Å². The van der Waals surface area contributed by atoms with Crippen LogP contribution >= 0.6 is 34.9 Å². The monoisotopic (exact) mass is 274 g/mol. The van der Waals surface area contributed by atoms with E-state index in [1.807, 2.05) is 0 Å². The summed E-state index contributed by atoms with van der Waals surface area (Å²) in [5.41, 5.74) is 0.